The number of carbonyl (C=O) groups is 1. The zero-order valence-electron chi connectivity index (χ0n) is 13.2. The van der Waals surface area contributed by atoms with Gasteiger partial charge in [-0.3, -0.25) is 4.79 Å². The van der Waals surface area contributed by atoms with E-state index in [0.29, 0.717) is 23.3 Å². The van der Waals surface area contributed by atoms with Gasteiger partial charge in [0.05, 0.1) is 12.0 Å². The molecule has 0 amide bonds. The lowest BCUT2D eigenvalue weighted by molar-refractivity contribution is 0.0524. The van der Waals surface area contributed by atoms with Crippen molar-refractivity contribution in [2.45, 2.75) is 13.5 Å². The standard InChI is InChI=1S/C19H17NO4/c1-2-23-19(22)16-11-20-17-9-8-14(10-15(17)18(16)21)24-12-13-6-4-3-5-7-13/h3-11H,2,12H2,1H3,(H,20,21). The number of benzene rings is 2. The van der Waals surface area contributed by atoms with Gasteiger partial charge in [0, 0.05) is 11.7 Å². The van der Waals surface area contributed by atoms with Gasteiger partial charge in [-0.25, -0.2) is 4.79 Å². The summed E-state index contributed by atoms with van der Waals surface area (Å²) in [5.74, 6) is -0.0610. The smallest absolute Gasteiger partial charge is 0.343 e. The van der Waals surface area contributed by atoms with E-state index in [4.69, 9.17) is 9.47 Å². The fraction of sp³-hybridized carbons (Fsp3) is 0.158. The van der Waals surface area contributed by atoms with Gasteiger partial charge in [-0.15, -0.1) is 0 Å². The predicted molar refractivity (Wildman–Crippen MR) is 91.3 cm³/mol. The number of hydrogen-bond acceptors (Lipinski definition) is 4. The van der Waals surface area contributed by atoms with Crippen molar-refractivity contribution < 1.29 is 14.3 Å². The van der Waals surface area contributed by atoms with E-state index in [1.54, 1.807) is 25.1 Å². The first-order chi connectivity index (χ1) is 11.7. The Hall–Kier alpha value is -3.08. The van der Waals surface area contributed by atoms with Crippen LogP contribution in [-0.2, 0) is 11.3 Å². The Kier molecular flexibility index (Phi) is 4.61. The molecule has 0 aliphatic rings. The summed E-state index contributed by atoms with van der Waals surface area (Å²) in [7, 11) is 0. The summed E-state index contributed by atoms with van der Waals surface area (Å²) in [5.41, 5.74) is 1.30. The van der Waals surface area contributed by atoms with Crippen LogP contribution < -0.4 is 10.2 Å². The molecule has 0 fully saturated rings. The molecule has 5 heteroatoms. The van der Waals surface area contributed by atoms with Crippen LogP contribution in [-0.4, -0.2) is 17.6 Å². The molecule has 0 aliphatic carbocycles. The van der Waals surface area contributed by atoms with E-state index >= 15 is 0 Å². The number of aromatic nitrogens is 1. The number of rotatable bonds is 5. The molecule has 24 heavy (non-hydrogen) atoms. The number of pyridine rings is 1. The molecule has 0 saturated carbocycles. The van der Waals surface area contributed by atoms with Crippen molar-refractivity contribution in [3.05, 3.63) is 76.1 Å². The molecule has 122 valence electrons. The Balaban J connectivity index is 1.90. The Morgan fingerprint density at radius 1 is 1.12 bits per heavy atom. The SMILES string of the molecule is CCOC(=O)c1c[nH]c2ccc(OCc3ccccc3)cc2c1=O. The van der Waals surface area contributed by atoms with Crippen molar-refractivity contribution in [2.24, 2.45) is 0 Å². The van der Waals surface area contributed by atoms with Gasteiger partial charge in [0.2, 0.25) is 5.43 Å². The lowest BCUT2D eigenvalue weighted by Crippen LogP contribution is -2.18. The summed E-state index contributed by atoms with van der Waals surface area (Å²) in [5, 5.41) is 0.395. The maximum absolute atomic E-state index is 12.5. The number of esters is 1. The van der Waals surface area contributed by atoms with E-state index < -0.39 is 5.97 Å². The highest BCUT2D eigenvalue weighted by atomic mass is 16.5. The van der Waals surface area contributed by atoms with Gasteiger partial charge >= 0.3 is 5.97 Å². The number of ether oxygens (including phenoxy) is 2. The fourth-order valence-electron chi connectivity index (χ4n) is 2.39. The summed E-state index contributed by atoms with van der Waals surface area (Å²) >= 11 is 0. The molecule has 1 N–H and O–H groups in total. The van der Waals surface area contributed by atoms with E-state index in [0.717, 1.165) is 5.56 Å². The molecule has 0 unspecified atom stereocenters. The van der Waals surface area contributed by atoms with Gasteiger partial charge in [0.25, 0.3) is 0 Å². The normalized spacial score (nSPS) is 10.5. The second-order valence-electron chi connectivity index (χ2n) is 5.23. The molecule has 2 aromatic carbocycles. The highest BCUT2D eigenvalue weighted by Gasteiger charge is 2.14. The minimum Gasteiger partial charge on any atom is -0.489 e. The van der Waals surface area contributed by atoms with Crippen LogP contribution in [0.3, 0.4) is 0 Å². The number of H-pyrrole nitrogens is 1. The quantitative estimate of drug-likeness (QED) is 0.732. The number of fused-ring (bicyclic) bond motifs is 1. The molecule has 0 bridgehead atoms. The van der Waals surface area contributed by atoms with Crippen LogP contribution in [0.25, 0.3) is 10.9 Å². The van der Waals surface area contributed by atoms with Gasteiger partial charge in [-0.05, 0) is 30.7 Å². The monoisotopic (exact) mass is 323 g/mol. The number of carbonyl (C=O) groups excluding carboxylic acids is 1. The topological polar surface area (TPSA) is 68.4 Å². The Morgan fingerprint density at radius 2 is 1.92 bits per heavy atom. The second kappa shape index (κ2) is 7.00. The summed E-state index contributed by atoms with van der Waals surface area (Å²) in [6.07, 6.45) is 1.38. The lowest BCUT2D eigenvalue weighted by Gasteiger charge is -2.08. The summed E-state index contributed by atoms with van der Waals surface area (Å²) in [6.45, 7) is 2.32. The molecule has 1 aromatic heterocycles. The summed E-state index contributed by atoms with van der Waals surface area (Å²) < 4.78 is 10.6. The van der Waals surface area contributed by atoms with Crippen molar-refractivity contribution in [2.75, 3.05) is 6.61 Å². The third-order valence-corrected chi connectivity index (χ3v) is 3.60. The molecule has 3 aromatic rings. The third-order valence-electron chi connectivity index (χ3n) is 3.60. The maximum atomic E-state index is 12.5. The van der Waals surface area contributed by atoms with E-state index in [1.807, 2.05) is 30.3 Å². The first kappa shape index (κ1) is 15.8. The second-order valence-corrected chi connectivity index (χ2v) is 5.23. The van der Waals surface area contributed by atoms with Crippen LogP contribution in [0.5, 0.6) is 5.75 Å². The van der Waals surface area contributed by atoms with Gasteiger partial charge in [-0.2, -0.15) is 0 Å². The highest BCUT2D eigenvalue weighted by Crippen LogP contribution is 2.18. The summed E-state index contributed by atoms with van der Waals surface area (Å²) in [6, 6.07) is 14.9. The highest BCUT2D eigenvalue weighted by molar-refractivity contribution is 5.93. The third kappa shape index (κ3) is 3.30. The van der Waals surface area contributed by atoms with Crippen molar-refractivity contribution >= 4 is 16.9 Å². The number of nitrogens with one attached hydrogen (secondary N) is 1. The molecule has 0 saturated heterocycles. The molecule has 3 rings (SSSR count). The van der Waals surface area contributed by atoms with Gasteiger partial charge in [-0.1, -0.05) is 30.3 Å². The Bertz CT molecular complexity index is 916. The average molecular weight is 323 g/mol. The van der Waals surface area contributed by atoms with E-state index in [2.05, 4.69) is 4.98 Å². The van der Waals surface area contributed by atoms with Crippen molar-refractivity contribution in [3.8, 4) is 5.75 Å². The molecule has 0 aliphatic heterocycles. The van der Waals surface area contributed by atoms with Crippen LogP contribution in [0.2, 0.25) is 0 Å². The van der Waals surface area contributed by atoms with Gasteiger partial charge in [0.1, 0.15) is 17.9 Å². The maximum Gasteiger partial charge on any atom is 0.343 e. The zero-order valence-corrected chi connectivity index (χ0v) is 13.2. The fourth-order valence-corrected chi connectivity index (χ4v) is 2.39. The largest absolute Gasteiger partial charge is 0.489 e. The van der Waals surface area contributed by atoms with Crippen LogP contribution >= 0.6 is 0 Å². The molecule has 1 heterocycles. The minimum atomic E-state index is -0.628. The zero-order chi connectivity index (χ0) is 16.9. The van der Waals surface area contributed by atoms with Crippen LogP contribution in [0.15, 0.2) is 59.5 Å². The van der Waals surface area contributed by atoms with Crippen LogP contribution in [0.4, 0.5) is 0 Å². The average Bonchev–Trinajstić information content (AvgIpc) is 2.61. The van der Waals surface area contributed by atoms with Crippen molar-refractivity contribution in [1.82, 2.24) is 4.98 Å². The van der Waals surface area contributed by atoms with E-state index in [1.165, 1.54) is 6.20 Å². The van der Waals surface area contributed by atoms with Crippen LogP contribution in [0.1, 0.15) is 22.8 Å². The Morgan fingerprint density at radius 3 is 2.67 bits per heavy atom. The lowest BCUT2D eigenvalue weighted by atomic mass is 10.1. The molecule has 5 nitrogen and oxygen atoms in total. The summed E-state index contributed by atoms with van der Waals surface area (Å²) in [4.78, 5) is 27.3. The van der Waals surface area contributed by atoms with Crippen molar-refractivity contribution in [3.63, 3.8) is 0 Å². The van der Waals surface area contributed by atoms with Crippen LogP contribution in [0, 0.1) is 0 Å². The number of aromatic amines is 1. The predicted octanol–water partition coefficient (Wildman–Crippen LogP) is 3.28. The first-order valence-corrected chi connectivity index (χ1v) is 7.68. The Labute approximate surface area is 138 Å². The number of hydrogen-bond donors (Lipinski definition) is 1. The van der Waals surface area contributed by atoms with Gasteiger partial charge in [0.15, 0.2) is 0 Å². The molecule has 0 atom stereocenters. The van der Waals surface area contributed by atoms with E-state index in [-0.39, 0.29) is 17.6 Å². The molecule has 0 radical (unpaired) electrons. The molecular formula is C19H17NO4. The molecular weight excluding hydrogens is 306 g/mol. The van der Waals surface area contributed by atoms with E-state index in [9.17, 15) is 9.59 Å². The van der Waals surface area contributed by atoms with Gasteiger partial charge < -0.3 is 14.5 Å². The minimum absolute atomic E-state index is 0.00967. The van der Waals surface area contributed by atoms with Crippen molar-refractivity contribution in [1.29, 1.82) is 0 Å². The molecule has 0 spiro atoms. The first-order valence-electron chi connectivity index (χ1n) is 7.68.